The lowest BCUT2D eigenvalue weighted by molar-refractivity contribution is 0.0600. The summed E-state index contributed by atoms with van der Waals surface area (Å²) in [5.41, 5.74) is -0.0622. The number of carbonyl (C=O) groups is 1. The maximum absolute atomic E-state index is 13.1. The van der Waals surface area contributed by atoms with Gasteiger partial charge in [0.15, 0.2) is 0 Å². The standard InChI is InChI=1S/C14H11F2NO4S/c1-21-14(18)9-2-4-13(5-3-9)22(19,20)17-12-7-10(15)6-11(16)8-12/h2-8,17H,1H3. The first-order valence-corrected chi connectivity index (χ1v) is 7.47. The predicted octanol–water partition coefficient (Wildman–Crippen LogP) is 2.55. The van der Waals surface area contributed by atoms with E-state index in [0.717, 1.165) is 12.1 Å². The summed E-state index contributed by atoms with van der Waals surface area (Å²) in [5.74, 6) is -2.42. The Morgan fingerprint density at radius 1 is 1.05 bits per heavy atom. The molecule has 0 spiro atoms. The van der Waals surface area contributed by atoms with Crippen LogP contribution in [-0.2, 0) is 14.8 Å². The van der Waals surface area contributed by atoms with Crippen molar-refractivity contribution in [3.63, 3.8) is 0 Å². The number of rotatable bonds is 4. The van der Waals surface area contributed by atoms with Crippen LogP contribution >= 0.6 is 0 Å². The van der Waals surface area contributed by atoms with Gasteiger partial charge in [-0.3, -0.25) is 4.72 Å². The van der Waals surface area contributed by atoms with Crippen LogP contribution in [0.5, 0.6) is 0 Å². The highest BCUT2D eigenvalue weighted by Gasteiger charge is 2.16. The van der Waals surface area contributed by atoms with E-state index in [4.69, 9.17) is 0 Å². The van der Waals surface area contributed by atoms with Gasteiger partial charge in [-0.15, -0.1) is 0 Å². The van der Waals surface area contributed by atoms with Crippen LogP contribution < -0.4 is 4.72 Å². The van der Waals surface area contributed by atoms with Crippen molar-refractivity contribution in [2.75, 3.05) is 11.8 Å². The molecule has 8 heteroatoms. The van der Waals surface area contributed by atoms with Crippen molar-refractivity contribution >= 4 is 21.7 Å². The zero-order chi connectivity index (χ0) is 16.3. The summed E-state index contributed by atoms with van der Waals surface area (Å²) < 4.78 is 56.9. The SMILES string of the molecule is COC(=O)c1ccc(S(=O)(=O)Nc2cc(F)cc(F)c2)cc1. The molecule has 0 aliphatic heterocycles. The molecule has 2 aromatic rings. The lowest BCUT2D eigenvalue weighted by Crippen LogP contribution is -2.13. The number of nitrogens with one attached hydrogen (secondary N) is 1. The van der Waals surface area contributed by atoms with Gasteiger partial charge in [-0.05, 0) is 36.4 Å². The molecule has 0 bridgehead atoms. The maximum atomic E-state index is 13.1. The topological polar surface area (TPSA) is 72.5 Å². The Morgan fingerprint density at radius 3 is 2.09 bits per heavy atom. The van der Waals surface area contributed by atoms with E-state index in [1.165, 1.54) is 31.4 Å². The zero-order valence-corrected chi connectivity index (χ0v) is 12.2. The molecule has 0 unspecified atom stereocenters. The third-order valence-electron chi connectivity index (χ3n) is 2.70. The Morgan fingerprint density at radius 2 is 1.59 bits per heavy atom. The van der Waals surface area contributed by atoms with E-state index in [9.17, 15) is 22.0 Å². The summed E-state index contributed by atoms with van der Waals surface area (Å²) in [5, 5.41) is 0. The Balaban J connectivity index is 2.28. The molecule has 1 N–H and O–H groups in total. The summed E-state index contributed by atoms with van der Waals surface area (Å²) in [6, 6.07) is 7.24. The molecule has 0 aliphatic rings. The lowest BCUT2D eigenvalue weighted by atomic mass is 10.2. The molecule has 2 aromatic carbocycles. The van der Waals surface area contributed by atoms with Crippen molar-refractivity contribution in [3.05, 3.63) is 59.7 Å². The number of methoxy groups -OCH3 is 1. The second kappa shape index (κ2) is 6.10. The second-order valence-corrected chi connectivity index (χ2v) is 5.96. The molecule has 0 aromatic heterocycles. The van der Waals surface area contributed by atoms with Gasteiger partial charge in [0.1, 0.15) is 11.6 Å². The van der Waals surface area contributed by atoms with Crippen molar-refractivity contribution in [1.29, 1.82) is 0 Å². The van der Waals surface area contributed by atoms with Gasteiger partial charge in [0.25, 0.3) is 10.0 Å². The number of ether oxygens (including phenoxy) is 1. The minimum absolute atomic E-state index is 0.162. The molecule has 22 heavy (non-hydrogen) atoms. The number of hydrogen-bond donors (Lipinski definition) is 1. The van der Waals surface area contributed by atoms with E-state index in [-0.39, 0.29) is 16.1 Å². The molecule has 0 saturated heterocycles. The molecule has 0 saturated carbocycles. The second-order valence-electron chi connectivity index (χ2n) is 4.28. The molecule has 116 valence electrons. The highest BCUT2D eigenvalue weighted by Crippen LogP contribution is 2.19. The van der Waals surface area contributed by atoms with Crippen LogP contribution in [0.25, 0.3) is 0 Å². The van der Waals surface area contributed by atoms with E-state index in [2.05, 4.69) is 9.46 Å². The third-order valence-corrected chi connectivity index (χ3v) is 4.10. The van der Waals surface area contributed by atoms with Gasteiger partial charge in [0.05, 0.1) is 23.3 Å². The Kier molecular flexibility index (Phi) is 4.41. The van der Waals surface area contributed by atoms with Crippen molar-refractivity contribution < 1.29 is 26.7 Å². The number of benzene rings is 2. The number of anilines is 1. The van der Waals surface area contributed by atoms with Gasteiger partial charge in [-0.1, -0.05) is 0 Å². The lowest BCUT2D eigenvalue weighted by Gasteiger charge is -2.09. The van der Waals surface area contributed by atoms with Gasteiger partial charge in [0.2, 0.25) is 0 Å². The van der Waals surface area contributed by atoms with E-state index in [1.807, 2.05) is 0 Å². The van der Waals surface area contributed by atoms with Crippen LogP contribution in [0, 0.1) is 11.6 Å². The number of hydrogen-bond acceptors (Lipinski definition) is 4. The zero-order valence-electron chi connectivity index (χ0n) is 11.3. The van der Waals surface area contributed by atoms with E-state index >= 15 is 0 Å². The quantitative estimate of drug-likeness (QED) is 0.876. The van der Waals surface area contributed by atoms with Gasteiger partial charge < -0.3 is 4.74 Å². The molecule has 0 heterocycles. The molecular formula is C14H11F2NO4S. The van der Waals surface area contributed by atoms with Crippen LogP contribution in [0.15, 0.2) is 47.4 Å². The summed E-state index contributed by atoms with van der Waals surface area (Å²) >= 11 is 0. The fraction of sp³-hybridized carbons (Fsp3) is 0.0714. The van der Waals surface area contributed by atoms with Crippen LogP contribution in [0.3, 0.4) is 0 Å². The first-order valence-electron chi connectivity index (χ1n) is 5.99. The molecule has 0 atom stereocenters. The summed E-state index contributed by atoms with van der Waals surface area (Å²) in [4.78, 5) is 11.1. The fourth-order valence-corrected chi connectivity index (χ4v) is 2.76. The van der Waals surface area contributed by atoms with Crippen LogP contribution in [0.2, 0.25) is 0 Å². The van der Waals surface area contributed by atoms with Gasteiger partial charge >= 0.3 is 5.97 Å². The number of halogens is 2. The predicted molar refractivity (Wildman–Crippen MR) is 74.9 cm³/mol. The molecule has 5 nitrogen and oxygen atoms in total. The minimum atomic E-state index is -4.03. The Hall–Kier alpha value is -2.48. The molecular weight excluding hydrogens is 316 g/mol. The summed E-state index contributed by atoms with van der Waals surface area (Å²) in [7, 11) is -2.83. The first-order chi connectivity index (χ1) is 10.3. The molecule has 0 radical (unpaired) electrons. The maximum Gasteiger partial charge on any atom is 0.337 e. The third kappa shape index (κ3) is 3.59. The van der Waals surface area contributed by atoms with Crippen molar-refractivity contribution in [2.45, 2.75) is 4.90 Å². The van der Waals surface area contributed by atoms with Gasteiger partial charge in [0, 0.05) is 6.07 Å². The average molecular weight is 327 g/mol. The smallest absolute Gasteiger partial charge is 0.337 e. The summed E-state index contributed by atoms with van der Waals surface area (Å²) in [6.45, 7) is 0. The summed E-state index contributed by atoms with van der Waals surface area (Å²) in [6.07, 6.45) is 0. The fourth-order valence-electron chi connectivity index (χ4n) is 1.71. The number of carbonyl (C=O) groups excluding carboxylic acids is 1. The van der Waals surface area contributed by atoms with E-state index in [0.29, 0.717) is 6.07 Å². The Bertz CT molecular complexity index is 784. The van der Waals surface area contributed by atoms with E-state index < -0.39 is 27.6 Å². The minimum Gasteiger partial charge on any atom is -0.465 e. The van der Waals surface area contributed by atoms with Crippen LogP contribution in [0.4, 0.5) is 14.5 Å². The van der Waals surface area contributed by atoms with E-state index in [1.54, 1.807) is 0 Å². The largest absolute Gasteiger partial charge is 0.465 e. The monoisotopic (exact) mass is 327 g/mol. The van der Waals surface area contributed by atoms with Crippen LogP contribution in [0.1, 0.15) is 10.4 Å². The van der Waals surface area contributed by atoms with Crippen molar-refractivity contribution in [3.8, 4) is 0 Å². The normalized spacial score (nSPS) is 11.0. The Labute approximate surface area is 125 Å². The van der Waals surface area contributed by atoms with Crippen molar-refractivity contribution in [1.82, 2.24) is 0 Å². The first kappa shape index (κ1) is 15.9. The average Bonchev–Trinajstić information content (AvgIpc) is 2.45. The number of esters is 1. The molecule has 0 fully saturated rings. The molecule has 0 amide bonds. The highest BCUT2D eigenvalue weighted by molar-refractivity contribution is 7.92. The van der Waals surface area contributed by atoms with Crippen molar-refractivity contribution in [2.24, 2.45) is 0 Å². The molecule has 2 rings (SSSR count). The molecule has 0 aliphatic carbocycles. The van der Waals surface area contributed by atoms with Gasteiger partial charge in [-0.25, -0.2) is 22.0 Å². The van der Waals surface area contributed by atoms with Crippen LogP contribution in [-0.4, -0.2) is 21.5 Å². The number of sulfonamides is 1. The van der Waals surface area contributed by atoms with Gasteiger partial charge in [-0.2, -0.15) is 0 Å². The highest BCUT2D eigenvalue weighted by atomic mass is 32.2.